The molecule has 0 bridgehead atoms. The number of hydrogen-bond donors (Lipinski definition) is 1. The molecule has 22 heavy (non-hydrogen) atoms. The number of pyridine rings is 1. The van der Waals surface area contributed by atoms with E-state index in [1.54, 1.807) is 16.4 Å². The van der Waals surface area contributed by atoms with Crippen molar-refractivity contribution >= 4 is 33.9 Å². The van der Waals surface area contributed by atoms with Crippen LogP contribution >= 0.6 is 11.8 Å². The van der Waals surface area contributed by atoms with Gasteiger partial charge in [-0.25, -0.2) is 4.98 Å². The van der Waals surface area contributed by atoms with Crippen molar-refractivity contribution in [2.24, 2.45) is 12.0 Å². The molecule has 114 valence electrons. The average Bonchev–Trinajstić information content (AvgIpc) is 3.16. The third-order valence-corrected chi connectivity index (χ3v) is 4.93. The molecule has 7 heteroatoms. The fourth-order valence-electron chi connectivity index (χ4n) is 2.81. The van der Waals surface area contributed by atoms with Crippen LogP contribution in [0.1, 0.15) is 40.5 Å². The summed E-state index contributed by atoms with van der Waals surface area (Å²) in [4.78, 5) is 21.7. The number of thioether (sulfide) groups is 1. The van der Waals surface area contributed by atoms with Crippen molar-refractivity contribution < 1.29 is 4.79 Å². The standard InChI is InChI=1S/C15H17N5OS/c1-8-12-10(14(21)18-15-16-5-6-22-15)7-11(9-3-4-9)17-13(12)20(2)19-8/h7,9H,3-6H2,1-2H3,(H,16,18,21). The minimum Gasteiger partial charge on any atom is -0.301 e. The first-order chi connectivity index (χ1) is 10.6. The molecule has 0 aromatic carbocycles. The van der Waals surface area contributed by atoms with Crippen molar-refractivity contribution in [2.45, 2.75) is 25.7 Å². The number of fused-ring (bicyclic) bond motifs is 1. The van der Waals surface area contributed by atoms with Gasteiger partial charge < -0.3 is 5.32 Å². The van der Waals surface area contributed by atoms with E-state index in [1.165, 1.54) is 0 Å². The Labute approximate surface area is 132 Å². The van der Waals surface area contributed by atoms with Gasteiger partial charge >= 0.3 is 0 Å². The molecule has 6 nitrogen and oxygen atoms in total. The van der Waals surface area contributed by atoms with E-state index < -0.39 is 0 Å². The predicted molar refractivity (Wildman–Crippen MR) is 87.4 cm³/mol. The van der Waals surface area contributed by atoms with Crippen LogP contribution in [0.2, 0.25) is 0 Å². The molecular weight excluding hydrogens is 298 g/mol. The van der Waals surface area contributed by atoms with Gasteiger partial charge in [0.15, 0.2) is 10.8 Å². The van der Waals surface area contributed by atoms with Gasteiger partial charge in [-0.05, 0) is 25.8 Å². The highest BCUT2D eigenvalue weighted by Crippen LogP contribution is 2.40. The number of rotatable bonds is 2. The van der Waals surface area contributed by atoms with Crippen LogP contribution in [0.3, 0.4) is 0 Å². The largest absolute Gasteiger partial charge is 0.301 e. The summed E-state index contributed by atoms with van der Waals surface area (Å²) in [7, 11) is 1.87. The zero-order valence-electron chi connectivity index (χ0n) is 12.6. The Balaban J connectivity index is 1.81. The third kappa shape index (κ3) is 2.29. The minimum atomic E-state index is -0.112. The highest BCUT2D eigenvalue weighted by atomic mass is 32.2. The number of amides is 1. The lowest BCUT2D eigenvalue weighted by Gasteiger charge is -2.08. The van der Waals surface area contributed by atoms with Gasteiger partial charge in [-0.3, -0.25) is 14.5 Å². The van der Waals surface area contributed by atoms with Crippen molar-refractivity contribution in [3.8, 4) is 0 Å². The lowest BCUT2D eigenvalue weighted by molar-refractivity contribution is 0.0979. The molecule has 1 N–H and O–H groups in total. The van der Waals surface area contributed by atoms with E-state index in [0.717, 1.165) is 47.6 Å². The zero-order valence-corrected chi connectivity index (χ0v) is 13.4. The van der Waals surface area contributed by atoms with Crippen LogP contribution < -0.4 is 5.32 Å². The number of carbonyl (C=O) groups is 1. The second kappa shape index (κ2) is 5.08. The van der Waals surface area contributed by atoms with Gasteiger partial charge in [0, 0.05) is 24.4 Å². The molecule has 1 saturated carbocycles. The number of aryl methyl sites for hydroxylation is 2. The summed E-state index contributed by atoms with van der Waals surface area (Å²) in [5.41, 5.74) is 3.28. The molecule has 0 atom stereocenters. The Morgan fingerprint density at radius 3 is 2.95 bits per heavy atom. The van der Waals surface area contributed by atoms with Gasteiger partial charge in [0.2, 0.25) is 0 Å². The van der Waals surface area contributed by atoms with E-state index in [1.807, 2.05) is 20.0 Å². The first kappa shape index (κ1) is 13.8. The number of hydrogen-bond acceptors (Lipinski definition) is 5. The summed E-state index contributed by atoms with van der Waals surface area (Å²) in [5, 5.41) is 8.90. The first-order valence-electron chi connectivity index (χ1n) is 7.46. The van der Waals surface area contributed by atoms with Crippen molar-refractivity contribution in [1.29, 1.82) is 0 Å². The molecule has 4 rings (SSSR count). The Morgan fingerprint density at radius 2 is 2.27 bits per heavy atom. The second-order valence-corrected chi connectivity index (χ2v) is 6.85. The number of carbonyl (C=O) groups excluding carboxylic acids is 1. The second-order valence-electron chi connectivity index (χ2n) is 5.77. The van der Waals surface area contributed by atoms with Gasteiger partial charge in [-0.1, -0.05) is 11.8 Å². The highest BCUT2D eigenvalue weighted by molar-refractivity contribution is 8.14. The quantitative estimate of drug-likeness (QED) is 0.920. The Morgan fingerprint density at radius 1 is 1.45 bits per heavy atom. The van der Waals surface area contributed by atoms with Gasteiger partial charge in [0.1, 0.15) is 0 Å². The van der Waals surface area contributed by atoms with Crippen LogP contribution in [-0.2, 0) is 7.05 Å². The summed E-state index contributed by atoms with van der Waals surface area (Å²) < 4.78 is 1.76. The number of aliphatic imine (C=N–C) groups is 1. The van der Waals surface area contributed by atoms with Crippen molar-refractivity contribution in [3.63, 3.8) is 0 Å². The highest BCUT2D eigenvalue weighted by Gasteiger charge is 2.28. The summed E-state index contributed by atoms with van der Waals surface area (Å²) in [6.07, 6.45) is 2.30. The number of aromatic nitrogens is 3. The minimum absolute atomic E-state index is 0.112. The Bertz CT molecular complexity index is 806. The molecule has 1 fully saturated rings. The number of nitrogens with zero attached hydrogens (tertiary/aromatic N) is 4. The van der Waals surface area contributed by atoms with Crippen LogP contribution in [0.15, 0.2) is 11.1 Å². The van der Waals surface area contributed by atoms with E-state index in [0.29, 0.717) is 16.6 Å². The molecule has 2 aliphatic rings. The molecule has 1 aliphatic carbocycles. The molecule has 0 radical (unpaired) electrons. The van der Waals surface area contributed by atoms with Crippen LogP contribution in [0.25, 0.3) is 11.0 Å². The lowest BCUT2D eigenvalue weighted by Crippen LogP contribution is -2.27. The van der Waals surface area contributed by atoms with Gasteiger partial charge in [0.25, 0.3) is 5.91 Å². The van der Waals surface area contributed by atoms with Gasteiger partial charge in [-0.2, -0.15) is 5.10 Å². The molecule has 1 aliphatic heterocycles. The van der Waals surface area contributed by atoms with Crippen LogP contribution in [0.4, 0.5) is 0 Å². The fraction of sp³-hybridized carbons (Fsp3) is 0.467. The molecule has 0 saturated heterocycles. The van der Waals surface area contributed by atoms with Crippen molar-refractivity contribution in [1.82, 2.24) is 20.1 Å². The maximum Gasteiger partial charge on any atom is 0.258 e. The molecule has 3 heterocycles. The SMILES string of the molecule is Cc1nn(C)c2nc(C3CC3)cc(C(=O)NC3=NCCS3)c12. The molecule has 2 aromatic rings. The molecule has 0 spiro atoms. The summed E-state index contributed by atoms with van der Waals surface area (Å²) in [6.45, 7) is 2.69. The lowest BCUT2D eigenvalue weighted by atomic mass is 10.1. The molecule has 0 unspecified atom stereocenters. The fourth-order valence-corrected chi connectivity index (χ4v) is 3.53. The Kier molecular flexibility index (Phi) is 3.18. The maximum atomic E-state index is 12.7. The van der Waals surface area contributed by atoms with Crippen LogP contribution in [0.5, 0.6) is 0 Å². The normalized spacial score (nSPS) is 17.8. The van der Waals surface area contributed by atoms with E-state index in [2.05, 4.69) is 15.4 Å². The topological polar surface area (TPSA) is 72.2 Å². The van der Waals surface area contributed by atoms with E-state index >= 15 is 0 Å². The van der Waals surface area contributed by atoms with Gasteiger partial charge in [0.05, 0.1) is 23.2 Å². The molecular formula is C15H17N5OS. The first-order valence-corrected chi connectivity index (χ1v) is 8.45. The van der Waals surface area contributed by atoms with Crippen molar-refractivity contribution in [3.05, 3.63) is 23.0 Å². The van der Waals surface area contributed by atoms with E-state index in [-0.39, 0.29) is 5.91 Å². The van der Waals surface area contributed by atoms with Crippen molar-refractivity contribution in [2.75, 3.05) is 12.3 Å². The number of amidine groups is 1. The predicted octanol–water partition coefficient (Wildman–Crippen LogP) is 1.99. The number of nitrogens with one attached hydrogen (secondary N) is 1. The average molecular weight is 315 g/mol. The zero-order chi connectivity index (χ0) is 15.3. The monoisotopic (exact) mass is 315 g/mol. The maximum absolute atomic E-state index is 12.7. The summed E-state index contributed by atoms with van der Waals surface area (Å²) in [5.74, 6) is 1.31. The third-order valence-electron chi connectivity index (χ3n) is 4.03. The molecule has 1 amide bonds. The van der Waals surface area contributed by atoms with Crippen LogP contribution in [-0.4, -0.2) is 38.1 Å². The van der Waals surface area contributed by atoms with Gasteiger partial charge in [-0.15, -0.1) is 0 Å². The smallest absolute Gasteiger partial charge is 0.258 e. The van der Waals surface area contributed by atoms with E-state index in [9.17, 15) is 4.79 Å². The van der Waals surface area contributed by atoms with E-state index in [4.69, 9.17) is 4.98 Å². The summed E-state index contributed by atoms with van der Waals surface area (Å²) >= 11 is 1.58. The molecule has 2 aromatic heterocycles. The Hall–Kier alpha value is -1.89. The summed E-state index contributed by atoms with van der Waals surface area (Å²) in [6, 6.07) is 1.93. The van der Waals surface area contributed by atoms with Crippen LogP contribution in [0, 0.1) is 6.92 Å².